The summed E-state index contributed by atoms with van der Waals surface area (Å²) in [7, 11) is 0. The second-order valence-corrected chi connectivity index (χ2v) is 13.5. The zero-order valence-corrected chi connectivity index (χ0v) is 29.9. The average Bonchev–Trinajstić information content (AvgIpc) is 3.42. The molecule has 4 unspecified atom stereocenters. The molecule has 250 valence electrons. The lowest BCUT2D eigenvalue weighted by molar-refractivity contribution is -0.183. The lowest BCUT2D eigenvalue weighted by Gasteiger charge is -2.36. The molecule has 4 aromatic rings. The van der Waals surface area contributed by atoms with E-state index in [1.807, 2.05) is 84.0 Å². The van der Waals surface area contributed by atoms with Crippen LogP contribution < -0.4 is 0 Å². The van der Waals surface area contributed by atoms with Gasteiger partial charge in [0.05, 0.1) is 25.4 Å². The van der Waals surface area contributed by atoms with Crippen LogP contribution in [0.4, 0.5) is 0 Å². The minimum Gasteiger partial charge on any atom is -0.479 e. The van der Waals surface area contributed by atoms with Gasteiger partial charge in [-0.2, -0.15) is 0 Å². The molecule has 0 bridgehead atoms. The van der Waals surface area contributed by atoms with Crippen molar-refractivity contribution in [1.82, 2.24) is 4.98 Å². The van der Waals surface area contributed by atoms with Crippen LogP contribution in [0.1, 0.15) is 87.7 Å². The van der Waals surface area contributed by atoms with Gasteiger partial charge in [0, 0.05) is 10.9 Å². The largest absolute Gasteiger partial charge is 0.479 e. The fourth-order valence-corrected chi connectivity index (χ4v) is 6.96. The van der Waals surface area contributed by atoms with Gasteiger partial charge in [-0.1, -0.05) is 87.9 Å². The van der Waals surface area contributed by atoms with Crippen molar-refractivity contribution in [2.75, 3.05) is 0 Å². The highest BCUT2D eigenvalue weighted by molar-refractivity contribution is 9.08. The topological polar surface area (TPSA) is 91.0 Å². The first-order valence-corrected chi connectivity index (χ1v) is 17.5. The molecule has 0 saturated heterocycles. The molecule has 8 heteroatoms. The maximum Gasteiger partial charge on any atom is 0.335 e. The number of hydrogen-bond acceptors (Lipinski definition) is 6. The van der Waals surface area contributed by atoms with E-state index in [2.05, 4.69) is 28.1 Å². The molecular weight excluding hydrogens is 658 g/mol. The number of halogens is 1. The molecular formula is C39H46BrNO6. The lowest BCUT2D eigenvalue weighted by Crippen LogP contribution is -2.41. The predicted octanol–water partition coefficient (Wildman–Crippen LogP) is 9.34. The molecule has 7 nitrogen and oxygen atoms in total. The number of hydrogen-bond donors (Lipinski definition) is 1. The Morgan fingerprint density at radius 1 is 0.915 bits per heavy atom. The standard InChI is InChI=1S/C39H46BrNO6/c1-23-10-9-11-29(16-23)38-41-33(28(6)46-38)22-44-34-12-7-8-13-35(34)47-36(32-19-25(3)18-30(20-40)27(32)5)37(39(42)43)45-21-31-17-24(2)14-15-26(31)4/h9-11,14-19,34-37H,7-8,12-13,20-22H2,1-6H3,(H,42,43). The van der Waals surface area contributed by atoms with Crippen LogP contribution in [0.25, 0.3) is 11.5 Å². The second-order valence-electron chi connectivity index (χ2n) is 12.9. The maximum atomic E-state index is 13.0. The first-order valence-electron chi connectivity index (χ1n) is 16.4. The molecule has 3 aromatic carbocycles. The number of nitrogens with zero attached hydrogens (tertiary/aromatic N) is 1. The highest BCUT2D eigenvalue weighted by Gasteiger charge is 2.38. The first-order chi connectivity index (χ1) is 22.5. The fraction of sp³-hybridized carbons (Fsp3) is 0.436. The Kier molecular flexibility index (Phi) is 11.7. The van der Waals surface area contributed by atoms with Crippen LogP contribution in [0.15, 0.2) is 59.0 Å². The van der Waals surface area contributed by atoms with Gasteiger partial charge < -0.3 is 23.7 Å². The van der Waals surface area contributed by atoms with E-state index in [4.69, 9.17) is 23.6 Å². The number of carboxylic acids is 1. The normalized spacial score (nSPS) is 17.9. The number of alkyl halides is 1. The molecule has 0 aliphatic heterocycles. The molecule has 1 N–H and O–H groups in total. The van der Waals surface area contributed by atoms with Crippen molar-refractivity contribution < 1.29 is 28.5 Å². The number of aromatic nitrogens is 1. The molecule has 0 amide bonds. The van der Waals surface area contributed by atoms with Crippen molar-refractivity contribution in [1.29, 1.82) is 0 Å². The van der Waals surface area contributed by atoms with Crippen molar-refractivity contribution in [3.05, 3.63) is 111 Å². The minimum absolute atomic E-state index is 0.166. The van der Waals surface area contributed by atoms with Gasteiger partial charge in [-0.05, 0) is 94.3 Å². The van der Waals surface area contributed by atoms with Crippen LogP contribution in [0, 0.1) is 41.5 Å². The third-order valence-electron chi connectivity index (χ3n) is 9.15. The van der Waals surface area contributed by atoms with E-state index in [1.165, 1.54) is 0 Å². The maximum absolute atomic E-state index is 13.0. The number of aryl methyl sites for hydroxylation is 5. The fourth-order valence-electron chi connectivity index (χ4n) is 6.38. The second kappa shape index (κ2) is 15.7. The van der Waals surface area contributed by atoms with Crippen LogP contribution in [-0.2, 0) is 37.5 Å². The van der Waals surface area contributed by atoms with Gasteiger partial charge in [0.15, 0.2) is 6.10 Å². The third-order valence-corrected chi connectivity index (χ3v) is 9.75. The number of ether oxygens (including phenoxy) is 3. The van der Waals surface area contributed by atoms with Gasteiger partial charge in [0.25, 0.3) is 0 Å². The van der Waals surface area contributed by atoms with Crippen molar-refractivity contribution in [2.45, 2.75) is 110 Å². The van der Waals surface area contributed by atoms with Gasteiger partial charge in [0.1, 0.15) is 17.6 Å². The SMILES string of the molecule is Cc1cccc(-c2nc(COC3CCCCC3OC(c3cc(C)cc(CBr)c3C)C(OCc3cc(C)ccc3C)C(=O)O)c(C)o2)c1. The van der Waals surface area contributed by atoms with Gasteiger partial charge in [-0.15, -0.1) is 0 Å². The van der Waals surface area contributed by atoms with Gasteiger partial charge in [-0.25, -0.2) is 9.78 Å². The van der Waals surface area contributed by atoms with Gasteiger partial charge >= 0.3 is 5.97 Å². The summed E-state index contributed by atoms with van der Waals surface area (Å²) in [5, 5.41) is 11.3. The number of carbonyl (C=O) groups is 1. The van der Waals surface area contributed by atoms with Crippen LogP contribution in [0.3, 0.4) is 0 Å². The number of carboxylic acid groups (broad SMARTS) is 1. The number of aliphatic carboxylic acids is 1. The summed E-state index contributed by atoms with van der Waals surface area (Å²) in [4.78, 5) is 17.7. The zero-order valence-electron chi connectivity index (χ0n) is 28.3. The summed E-state index contributed by atoms with van der Waals surface area (Å²) in [6, 6.07) is 18.4. The summed E-state index contributed by atoms with van der Waals surface area (Å²) < 4.78 is 25.7. The smallest absolute Gasteiger partial charge is 0.335 e. The van der Waals surface area contributed by atoms with Crippen molar-refractivity contribution in [3.63, 3.8) is 0 Å². The van der Waals surface area contributed by atoms with Crippen LogP contribution >= 0.6 is 15.9 Å². The van der Waals surface area contributed by atoms with Crippen molar-refractivity contribution in [2.24, 2.45) is 0 Å². The molecule has 1 saturated carbocycles. The molecule has 47 heavy (non-hydrogen) atoms. The molecule has 1 aliphatic carbocycles. The summed E-state index contributed by atoms with van der Waals surface area (Å²) in [5.74, 6) is 0.233. The van der Waals surface area contributed by atoms with Crippen LogP contribution in [0.5, 0.6) is 0 Å². The number of oxazole rings is 1. The first kappa shape index (κ1) is 35.0. The molecule has 1 heterocycles. The third kappa shape index (κ3) is 8.60. The monoisotopic (exact) mass is 703 g/mol. The predicted molar refractivity (Wildman–Crippen MR) is 187 cm³/mol. The molecule has 1 fully saturated rings. The van der Waals surface area contributed by atoms with E-state index in [0.29, 0.717) is 11.2 Å². The Morgan fingerprint density at radius 3 is 2.36 bits per heavy atom. The Labute approximate surface area is 286 Å². The quantitative estimate of drug-likeness (QED) is 0.139. The number of rotatable bonds is 13. The highest BCUT2D eigenvalue weighted by Crippen LogP contribution is 2.36. The van der Waals surface area contributed by atoms with Crippen molar-refractivity contribution >= 4 is 21.9 Å². The lowest BCUT2D eigenvalue weighted by atomic mass is 9.91. The van der Waals surface area contributed by atoms with Gasteiger partial charge in [0.2, 0.25) is 5.89 Å². The Balaban J connectivity index is 1.41. The summed E-state index contributed by atoms with van der Waals surface area (Å²) in [6.07, 6.45) is 0.909. The van der Waals surface area contributed by atoms with Crippen LogP contribution in [-0.4, -0.2) is 34.4 Å². The highest BCUT2D eigenvalue weighted by atomic mass is 79.9. The molecule has 0 radical (unpaired) electrons. The molecule has 5 rings (SSSR count). The van der Waals surface area contributed by atoms with E-state index in [9.17, 15) is 9.90 Å². The van der Waals surface area contributed by atoms with Gasteiger partial charge in [-0.3, -0.25) is 0 Å². The summed E-state index contributed by atoms with van der Waals surface area (Å²) in [6.45, 7) is 12.5. The molecule has 1 aromatic heterocycles. The van der Waals surface area contributed by atoms with E-state index in [0.717, 1.165) is 87.2 Å². The Hall–Kier alpha value is -3.30. The summed E-state index contributed by atoms with van der Waals surface area (Å²) in [5.41, 5.74) is 9.88. The Morgan fingerprint density at radius 2 is 1.64 bits per heavy atom. The van der Waals surface area contributed by atoms with E-state index in [1.54, 1.807) is 0 Å². The van der Waals surface area contributed by atoms with E-state index < -0.39 is 18.2 Å². The Bertz CT molecular complexity index is 1700. The zero-order chi connectivity index (χ0) is 33.7. The van der Waals surface area contributed by atoms with Crippen LogP contribution in [0.2, 0.25) is 0 Å². The van der Waals surface area contributed by atoms with E-state index >= 15 is 0 Å². The molecule has 0 spiro atoms. The molecule has 4 atom stereocenters. The number of benzene rings is 3. The average molecular weight is 705 g/mol. The summed E-state index contributed by atoms with van der Waals surface area (Å²) >= 11 is 3.62. The van der Waals surface area contributed by atoms with E-state index in [-0.39, 0.29) is 25.4 Å². The molecule has 1 aliphatic rings. The minimum atomic E-state index is -1.23. The van der Waals surface area contributed by atoms with Crippen molar-refractivity contribution in [3.8, 4) is 11.5 Å².